The van der Waals surface area contributed by atoms with Crippen LogP contribution in [0.2, 0.25) is 0 Å². The number of nitrogens with one attached hydrogen (secondary N) is 1. The Bertz CT molecular complexity index is 377. The largest absolute Gasteiger partial charge is 0.376 e. The molecule has 1 amide bonds. The molecule has 1 fully saturated rings. The van der Waals surface area contributed by atoms with Gasteiger partial charge in [0.05, 0.1) is 18.4 Å². The van der Waals surface area contributed by atoms with Crippen molar-refractivity contribution >= 4 is 17.7 Å². The molecule has 1 aliphatic rings. The van der Waals surface area contributed by atoms with Gasteiger partial charge in [0.1, 0.15) is 0 Å². The van der Waals surface area contributed by atoms with Gasteiger partial charge in [-0.25, -0.2) is 4.68 Å². The molecule has 2 heterocycles. The molecule has 8 heteroatoms. The number of amides is 1. The number of carbonyl (C=O) groups excluding carboxylic acids is 1. The van der Waals surface area contributed by atoms with Crippen LogP contribution >= 0.6 is 11.8 Å². The maximum Gasteiger partial charge on any atom is 0.230 e. The van der Waals surface area contributed by atoms with E-state index in [-0.39, 0.29) is 12.0 Å². The monoisotopic (exact) mass is 257 g/mol. The number of hydrogen-bond donors (Lipinski definition) is 1. The van der Waals surface area contributed by atoms with Crippen molar-refractivity contribution in [3.05, 3.63) is 0 Å². The standard InChI is InChI=1S/C9H15N5O2S/c1-10-8(15)6-17-9-11-12-13-14(9)5-7-3-2-4-16-7/h7H,2-6H2,1H3,(H,10,15)/t7-/m0/s1. The average Bonchev–Trinajstić information content (AvgIpc) is 2.98. The van der Waals surface area contributed by atoms with Gasteiger partial charge in [0.15, 0.2) is 0 Å². The summed E-state index contributed by atoms with van der Waals surface area (Å²) in [7, 11) is 1.61. The van der Waals surface area contributed by atoms with E-state index in [1.54, 1.807) is 11.7 Å². The molecule has 0 saturated carbocycles. The Morgan fingerprint density at radius 2 is 2.59 bits per heavy atom. The number of rotatable bonds is 5. The predicted octanol–water partition coefficient (Wildman–Crippen LogP) is -0.310. The molecular formula is C9H15N5O2S. The van der Waals surface area contributed by atoms with Gasteiger partial charge in [-0.05, 0) is 23.3 Å². The lowest BCUT2D eigenvalue weighted by atomic mass is 10.2. The lowest BCUT2D eigenvalue weighted by molar-refractivity contribution is -0.118. The van der Waals surface area contributed by atoms with Gasteiger partial charge in [0.2, 0.25) is 11.1 Å². The molecule has 0 spiro atoms. The van der Waals surface area contributed by atoms with E-state index < -0.39 is 0 Å². The highest BCUT2D eigenvalue weighted by molar-refractivity contribution is 7.99. The summed E-state index contributed by atoms with van der Waals surface area (Å²) >= 11 is 1.33. The normalized spacial score (nSPS) is 19.5. The summed E-state index contributed by atoms with van der Waals surface area (Å²) in [6.07, 6.45) is 2.32. The van der Waals surface area contributed by atoms with Crippen LogP contribution in [0.3, 0.4) is 0 Å². The molecule has 0 radical (unpaired) electrons. The fraction of sp³-hybridized carbons (Fsp3) is 0.778. The zero-order valence-corrected chi connectivity index (χ0v) is 10.4. The summed E-state index contributed by atoms with van der Waals surface area (Å²) in [5, 5.41) is 14.6. The minimum Gasteiger partial charge on any atom is -0.376 e. The van der Waals surface area contributed by atoms with Crippen LogP contribution in [0.15, 0.2) is 5.16 Å². The second-order valence-electron chi connectivity index (χ2n) is 3.74. The van der Waals surface area contributed by atoms with Gasteiger partial charge in [-0.2, -0.15) is 0 Å². The van der Waals surface area contributed by atoms with Crippen molar-refractivity contribution < 1.29 is 9.53 Å². The van der Waals surface area contributed by atoms with E-state index in [0.717, 1.165) is 19.4 Å². The van der Waals surface area contributed by atoms with Crippen LogP contribution < -0.4 is 5.32 Å². The van der Waals surface area contributed by atoms with Crippen molar-refractivity contribution in [3.8, 4) is 0 Å². The summed E-state index contributed by atoms with van der Waals surface area (Å²) in [6, 6.07) is 0. The smallest absolute Gasteiger partial charge is 0.230 e. The first-order chi connectivity index (χ1) is 8.29. The fourth-order valence-corrected chi connectivity index (χ4v) is 2.36. The Labute approximate surface area is 103 Å². The molecule has 0 aliphatic carbocycles. The van der Waals surface area contributed by atoms with Gasteiger partial charge in [-0.1, -0.05) is 11.8 Å². The molecule has 0 unspecified atom stereocenters. The van der Waals surface area contributed by atoms with E-state index in [0.29, 0.717) is 17.5 Å². The summed E-state index contributed by atoms with van der Waals surface area (Å²) in [5.74, 6) is 0.282. The summed E-state index contributed by atoms with van der Waals surface area (Å²) < 4.78 is 7.22. The molecule has 1 saturated heterocycles. The van der Waals surface area contributed by atoms with E-state index in [1.807, 2.05) is 0 Å². The highest BCUT2D eigenvalue weighted by Gasteiger charge is 2.19. The third-order valence-corrected chi connectivity index (χ3v) is 3.47. The van der Waals surface area contributed by atoms with Gasteiger partial charge in [-0.3, -0.25) is 4.79 Å². The highest BCUT2D eigenvalue weighted by atomic mass is 32.2. The van der Waals surface area contributed by atoms with Gasteiger partial charge in [0, 0.05) is 13.7 Å². The van der Waals surface area contributed by atoms with Crippen LogP contribution in [0.5, 0.6) is 0 Å². The SMILES string of the molecule is CNC(=O)CSc1nnnn1C[C@@H]1CCCO1. The number of aromatic nitrogens is 4. The van der Waals surface area contributed by atoms with Crippen LogP contribution in [0, 0.1) is 0 Å². The zero-order chi connectivity index (χ0) is 12.1. The maximum atomic E-state index is 11.1. The minimum absolute atomic E-state index is 0.0401. The van der Waals surface area contributed by atoms with Gasteiger partial charge < -0.3 is 10.1 Å². The van der Waals surface area contributed by atoms with Gasteiger partial charge in [0.25, 0.3) is 0 Å². The first-order valence-corrected chi connectivity index (χ1v) is 6.49. The van der Waals surface area contributed by atoms with Crippen molar-refractivity contribution in [1.29, 1.82) is 0 Å². The van der Waals surface area contributed by atoms with Crippen LogP contribution in [0.25, 0.3) is 0 Å². The third-order valence-electron chi connectivity index (χ3n) is 2.51. The molecule has 0 bridgehead atoms. The number of hydrogen-bond acceptors (Lipinski definition) is 6. The summed E-state index contributed by atoms with van der Waals surface area (Å²) in [4.78, 5) is 11.1. The molecule has 7 nitrogen and oxygen atoms in total. The Balaban J connectivity index is 1.89. The quantitative estimate of drug-likeness (QED) is 0.729. The molecule has 1 aromatic rings. The number of carbonyl (C=O) groups is 1. The lowest BCUT2D eigenvalue weighted by Crippen LogP contribution is -2.21. The first-order valence-electron chi connectivity index (χ1n) is 5.50. The van der Waals surface area contributed by atoms with Gasteiger partial charge in [-0.15, -0.1) is 5.10 Å². The Hall–Kier alpha value is -1.15. The number of ether oxygens (including phenoxy) is 1. The third kappa shape index (κ3) is 3.40. The molecule has 17 heavy (non-hydrogen) atoms. The van der Waals surface area contributed by atoms with E-state index in [4.69, 9.17) is 4.74 Å². The fourth-order valence-electron chi connectivity index (χ4n) is 1.60. The molecule has 1 atom stereocenters. The topological polar surface area (TPSA) is 81.9 Å². The van der Waals surface area contributed by atoms with Crippen LogP contribution in [0.4, 0.5) is 0 Å². The summed E-state index contributed by atoms with van der Waals surface area (Å²) in [5.41, 5.74) is 0. The second kappa shape index (κ2) is 5.97. The molecule has 0 aromatic carbocycles. The highest BCUT2D eigenvalue weighted by Crippen LogP contribution is 2.17. The molecule has 1 aromatic heterocycles. The predicted molar refractivity (Wildman–Crippen MR) is 61.6 cm³/mol. The van der Waals surface area contributed by atoms with Crippen molar-refractivity contribution in [1.82, 2.24) is 25.5 Å². The van der Waals surface area contributed by atoms with Crippen molar-refractivity contribution in [2.45, 2.75) is 30.6 Å². The first kappa shape index (κ1) is 12.3. The van der Waals surface area contributed by atoms with Gasteiger partial charge >= 0.3 is 0 Å². The van der Waals surface area contributed by atoms with E-state index >= 15 is 0 Å². The second-order valence-corrected chi connectivity index (χ2v) is 4.68. The lowest BCUT2D eigenvalue weighted by Gasteiger charge is -2.09. The van der Waals surface area contributed by atoms with Crippen LogP contribution in [0.1, 0.15) is 12.8 Å². The Kier molecular flexibility index (Phi) is 4.32. The molecule has 1 aliphatic heterocycles. The minimum atomic E-state index is -0.0401. The van der Waals surface area contributed by atoms with Crippen molar-refractivity contribution in [2.75, 3.05) is 19.4 Å². The average molecular weight is 257 g/mol. The van der Waals surface area contributed by atoms with E-state index in [2.05, 4.69) is 20.8 Å². The van der Waals surface area contributed by atoms with Crippen LogP contribution in [-0.2, 0) is 16.1 Å². The summed E-state index contributed by atoms with van der Waals surface area (Å²) in [6.45, 7) is 1.47. The number of tetrazole rings is 1. The van der Waals surface area contributed by atoms with Crippen LogP contribution in [-0.4, -0.2) is 51.6 Å². The maximum absolute atomic E-state index is 11.1. The number of thioether (sulfide) groups is 1. The molecule has 1 N–H and O–H groups in total. The van der Waals surface area contributed by atoms with Crippen molar-refractivity contribution in [2.24, 2.45) is 0 Å². The van der Waals surface area contributed by atoms with Crippen molar-refractivity contribution in [3.63, 3.8) is 0 Å². The molecular weight excluding hydrogens is 242 g/mol. The molecule has 94 valence electrons. The Morgan fingerprint density at radius 1 is 1.71 bits per heavy atom. The number of nitrogens with zero attached hydrogens (tertiary/aromatic N) is 4. The van der Waals surface area contributed by atoms with E-state index in [1.165, 1.54) is 11.8 Å². The Morgan fingerprint density at radius 3 is 3.29 bits per heavy atom. The zero-order valence-electron chi connectivity index (χ0n) is 9.63. The molecule has 2 rings (SSSR count). The van der Waals surface area contributed by atoms with E-state index in [9.17, 15) is 4.79 Å².